The van der Waals surface area contributed by atoms with Gasteiger partial charge in [0.1, 0.15) is 24.4 Å². The van der Waals surface area contributed by atoms with E-state index in [1.807, 2.05) is 6.08 Å². The zero-order valence-corrected chi connectivity index (χ0v) is 44.1. The van der Waals surface area contributed by atoms with Gasteiger partial charge in [0.25, 0.3) is 0 Å². The van der Waals surface area contributed by atoms with Gasteiger partial charge in [-0.3, -0.25) is 4.79 Å². The molecule has 1 aliphatic rings. The van der Waals surface area contributed by atoms with Gasteiger partial charge >= 0.3 is 0 Å². The highest BCUT2D eigenvalue weighted by atomic mass is 16.7. The van der Waals surface area contributed by atoms with Crippen molar-refractivity contribution in [2.75, 3.05) is 13.2 Å². The zero-order chi connectivity index (χ0) is 49.4. The fourth-order valence-electron chi connectivity index (χ4n) is 9.09. The molecule has 0 aromatic rings. The molecule has 0 radical (unpaired) electrons. The second-order valence-corrected chi connectivity index (χ2v) is 20.0. The van der Waals surface area contributed by atoms with E-state index in [4.69, 9.17) is 9.47 Å². The molecule has 0 aromatic heterocycles. The highest BCUT2D eigenvalue weighted by Crippen LogP contribution is 2.23. The average molecular weight is 961 g/mol. The second kappa shape index (κ2) is 48.8. The molecule has 0 bridgehead atoms. The van der Waals surface area contributed by atoms with Gasteiger partial charge in [0, 0.05) is 6.42 Å². The number of carbonyl (C=O) groups excluding carboxylic acids is 1. The molecule has 1 saturated heterocycles. The molecule has 1 amide bonds. The molecule has 7 unspecified atom stereocenters. The number of allylic oxidation sites excluding steroid dienone is 7. The topological polar surface area (TPSA) is 149 Å². The smallest absolute Gasteiger partial charge is 0.220 e. The van der Waals surface area contributed by atoms with Crippen LogP contribution in [-0.4, -0.2) is 87.5 Å². The number of carbonyl (C=O) groups is 1. The van der Waals surface area contributed by atoms with Crippen molar-refractivity contribution in [3.05, 3.63) is 48.6 Å². The van der Waals surface area contributed by atoms with Crippen LogP contribution in [0.1, 0.15) is 264 Å². The van der Waals surface area contributed by atoms with Crippen LogP contribution in [-0.2, 0) is 14.3 Å². The van der Waals surface area contributed by atoms with E-state index in [1.165, 1.54) is 193 Å². The highest BCUT2D eigenvalue weighted by molar-refractivity contribution is 5.76. The molecule has 0 aromatic carbocycles. The van der Waals surface area contributed by atoms with Gasteiger partial charge in [-0.25, -0.2) is 0 Å². The summed E-state index contributed by atoms with van der Waals surface area (Å²) in [6, 6.07) is -0.823. The van der Waals surface area contributed by atoms with Crippen LogP contribution in [0.25, 0.3) is 0 Å². The third-order valence-electron chi connectivity index (χ3n) is 13.6. The Hall–Kier alpha value is -1.85. The van der Waals surface area contributed by atoms with E-state index in [1.54, 1.807) is 6.08 Å². The van der Waals surface area contributed by atoms with Gasteiger partial charge in [-0.2, -0.15) is 0 Å². The maximum Gasteiger partial charge on any atom is 0.220 e. The summed E-state index contributed by atoms with van der Waals surface area (Å²) in [5.41, 5.74) is 0. The monoisotopic (exact) mass is 960 g/mol. The number of aliphatic hydroxyl groups is 5. The predicted molar refractivity (Wildman–Crippen MR) is 286 cm³/mol. The Morgan fingerprint density at radius 3 is 1.40 bits per heavy atom. The van der Waals surface area contributed by atoms with Crippen LogP contribution < -0.4 is 5.32 Å². The molecule has 0 saturated carbocycles. The van der Waals surface area contributed by atoms with E-state index < -0.39 is 49.5 Å². The van der Waals surface area contributed by atoms with Crippen LogP contribution in [0.5, 0.6) is 0 Å². The summed E-state index contributed by atoms with van der Waals surface area (Å²) in [6.45, 7) is 3.69. The largest absolute Gasteiger partial charge is 0.394 e. The molecule has 1 fully saturated rings. The maximum absolute atomic E-state index is 13.0. The lowest BCUT2D eigenvalue weighted by molar-refractivity contribution is -0.302. The lowest BCUT2D eigenvalue weighted by Crippen LogP contribution is -2.60. The maximum atomic E-state index is 13.0. The molecule has 0 spiro atoms. The Bertz CT molecular complexity index is 1210. The summed E-state index contributed by atoms with van der Waals surface area (Å²) in [4.78, 5) is 13.0. The number of ether oxygens (including phenoxy) is 2. The van der Waals surface area contributed by atoms with Crippen LogP contribution in [0.4, 0.5) is 0 Å². The summed E-state index contributed by atoms with van der Waals surface area (Å²) >= 11 is 0. The van der Waals surface area contributed by atoms with Crippen molar-refractivity contribution in [1.82, 2.24) is 5.32 Å². The van der Waals surface area contributed by atoms with E-state index in [-0.39, 0.29) is 12.5 Å². The summed E-state index contributed by atoms with van der Waals surface area (Å²) in [7, 11) is 0. The van der Waals surface area contributed by atoms with Crippen molar-refractivity contribution in [1.29, 1.82) is 0 Å². The Morgan fingerprint density at radius 2 is 0.926 bits per heavy atom. The van der Waals surface area contributed by atoms with Gasteiger partial charge in [0.2, 0.25) is 5.91 Å². The molecule has 0 aliphatic carbocycles. The van der Waals surface area contributed by atoms with Crippen LogP contribution in [0.15, 0.2) is 48.6 Å². The first kappa shape index (κ1) is 64.2. The second-order valence-electron chi connectivity index (χ2n) is 20.0. The Kier molecular flexibility index (Phi) is 46.0. The lowest BCUT2D eigenvalue weighted by Gasteiger charge is -2.40. The molecule has 6 N–H and O–H groups in total. The number of unbranched alkanes of at least 4 members (excludes halogenated alkanes) is 33. The quantitative estimate of drug-likeness (QED) is 0.0261. The van der Waals surface area contributed by atoms with E-state index in [0.717, 1.165) is 51.4 Å². The van der Waals surface area contributed by atoms with Crippen molar-refractivity contribution < 1.29 is 39.8 Å². The van der Waals surface area contributed by atoms with Gasteiger partial charge in [-0.1, -0.05) is 249 Å². The minimum atomic E-state index is -1.57. The van der Waals surface area contributed by atoms with Gasteiger partial charge in [-0.15, -0.1) is 0 Å². The van der Waals surface area contributed by atoms with Crippen LogP contribution in [0, 0.1) is 0 Å². The summed E-state index contributed by atoms with van der Waals surface area (Å²) in [5, 5.41) is 54.5. The van der Waals surface area contributed by atoms with E-state index in [0.29, 0.717) is 6.42 Å². The van der Waals surface area contributed by atoms with Crippen LogP contribution >= 0.6 is 0 Å². The van der Waals surface area contributed by atoms with Crippen LogP contribution in [0.3, 0.4) is 0 Å². The molecular formula is C59H109NO8. The fourth-order valence-corrected chi connectivity index (χ4v) is 9.09. The van der Waals surface area contributed by atoms with Gasteiger partial charge in [0.05, 0.1) is 25.4 Å². The van der Waals surface area contributed by atoms with E-state index >= 15 is 0 Å². The number of rotatable bonds is 49. The van der Waals surface area contributed by atoms with Gasteiger partial charge in [-0.05, 0) is 57.8 Å². The van der Waals surface area contributed by atoms with Crippen LogP contribution in [0.2, 0.25) is 0 Å². The Balaban J connectivity index is 2.25. The Morgan fingerprint density at radius 1 is 0.515 bits per heavy atom. The predicted octanol–water partition coefficient (Wildman–Crippen LogP) is 14.1. The number of hydrogen-bond acceptors (Lipinski definition) is 8. The van der Waals surface area contributed by atoms with Crippen molar-refractivity contribution in [2.45, 2.75) is 307 Å². The number of hydrogen-bond donors (Lipinski definition) is 6. The normalized spacial score (nSPS) is 19.9. The number of nitrogens with one attached hydrogen (secondary N) is 1. The van der Waals surface area contributed by atoms with Crippen molar-refractivity contribution >= 4 is 5.91 Å². The van der Waals surface area contributed by atoms with E-state index in [2.05, 4.69) is 55.6 Å². The minimum absolute atomic E-state index is 0.185. The van der Waals surface area contributed by atoms with Crippen molar-refractivity contribution in [3.63, 3.8) is 0 Å². The molecular weight excluding hydrogens is 851 g/mol. The highest BCUT2D eigenvalue weighted by Gasteiger charge is 2.44. The van der Waals surface area contributed by atoms with Crippen molar-refractivity contribution in [2.24, 2.45) is 0 Å². The summed E-state index contributed by atoms with van der Waals surface area (Å²) in [5.74, 6) is -0.185. The van der Waals surface area contributed by atoms with Gasteiger partial charge < -0.3 is 40.3 Å². The van der Waals surface area contributed by atoms with Crippen molar-refractivity contribution in [3.8, 4) is 0 Å². The minimum Gasteiger partial charge on any atom is -0.394 e. The fraction of sp³-hybridized carbons (Fsp3) is 0.847. The summed E-state index contributed by atoms with van der Waals surface area (Å²) < 4.78 is 11.3. The molecule has 9 nitrogen and oxygen atoms in total. The summed E-state index contributed by atoms with van der Waals surface area (Å²) in [6.07, 6.45) is 57.5. The standard InChI is InChI=1S/C59H109NO8/c1-3-5-7-9-11-13-15-17-19-21-23-25-26-27-29-30-32-34-36-38-40-42-44-46-48-53(62)52(51-67-59-58(66)57(65)56(64)54(50-61)68-59)60-55(63)49-47-45-43-41-39-37-35-33-31-28-24-22-20-18-16-14-12-10-8-6-4-2/h6,8,12,14,38,40,46,48,52-54,56-59,61-62,64-66H,3-5,7,9-11,13,15-37,39,41-45,47,49-51H2,1-2H3,(H,60,63)/b8-6-,14-12-,40-38+,48-46+. The molecule has 1 aliphatic heterocycles. The molecule has 7 atom stereocenters. The SMILES string of the molecule is CC/C=C\C/C=C\CCCCCCCCCCCCCCCCC(=O)NC(COC1OC(CO)C(O)C(O)C1O)C(O)/C=C/CC/C=C/CCCCCCCCCCCCCCCCCCCC. The number of aliphatic hydroxyl groups excluding tert-OH is 5. The first-order valence-electron chi connectivity index (χ1n) is 28.9. The Labute approximate surface area is 418 Å². The van der Waals surface area contributed by atoms with Gasteiger partial charge in [0.15, 0.2) is 6.29 Å². The molecule has 68 heavy (non-hydrogen) atoms. The first-order chi connectivity index (χ1) is 33.3. The third-order valence-corrected chi connectivity index (χ3v) is 13.6. The molecule has 1 heterocycles. The molecule has 1 rings (SSSR count). The first-order valence-corrected chi connectivity index (χ1v) is 28.9. The molecule has 398 valence electrons. The number of amides is 1. The van der Waals surface area contributed by atoms with E-state index in [9.17, 15) is 30.3 Å². The average Bonchev–Trinajstić information content (AvgIpc) is 3.34. The third kappa shape index (κ3) is 37.9. The zero-order valence-electron chi connectivity index (χ0n) is 44.1. The molecule has 9 heteroatoms. The lowest BCUT2D eigenvalue weighted by atomic mass is 9.99.